The highest BCUT2D eigenvalue weighted by Crippen LogP contribution is 2.28. The van der Waals surface area contributed by atoms with E-state index in [1.54, 1.807) is 32.4 Å². The van der Waals surface area contributed by atoms with Crippen LogP contribution in [0.15, 0.2) is 47.6 Å². The number of hydrogen-bond acceptors (Lipinski definition) is 5. The Kier molecular flexibility index (Phi) is 6.01. The van der Waals surface area contributed by atoms with Crippen molar-refractivity contribution in [1.29, 1.82) is 0 Å². The minimum atomic E-state index is -0.726. The van der Waals surface area contributed by atoms with Crippen LogP contribution < -0.4 is 25.4 Å². The van der Waals surface area contributed by atoms with Crippen molar-refractivity contribution in [1.82, 2.24) is 5.43 Å². The minimum absolute atomic E-state index is 0.379. The molecule has 0 aliphatic heterocycles. The zero-order chi connectivity index (χ0) is 17.4. The summed E-state index contributed by atoms with van der Waals surface area (Å²) in [5.74, 6) is 1.93. The van der Waals surface area contributed by atoms with E-state index in [-0.39, 0.29) is 0 Å². The Hall–Kier alpha value is -3.22. The maximum absolute atomic E-state index is 10.6. The summed E-state index contributed by atoms with van der Waals surface area (Å²) in [4.78, 5) is 10.6. The van der Waals surface area contributed by atoms with E-state index in [0.29, 0.717) is 18.1 Å². The quantitative estimate of drug-likeness (QED) is 0.602. The Balaban J connectivity index is 2.06. The SMILES string of the molecule is COc1cccc(COc2ccc(C=NNC(N)=O)cc2OC)c1. The van der Waals surface area contributed by atoms with Gasteiger partial charge in [-0.1, -0.05) is 12.1 Å². The molecular formula is C17H19N3O4. The lowest BCUT2D eigenvalue weighted by atomic mass is 10.2. The Bertz CT molecular complexity index is 732. The van der Waals surface area contributed by atoms with E-state index < -0.39 is 6.03 Å². The molecule has 0 heterocycles. The van der Waals surface area contributed by atoms with E-state index in [2.05, 4.69) is 10.5 Å². The summed E-state index contributed by atoms with van der Waals surface area (Å²) < 4.78 is 16.3. The molecule has 0 aliphatic carbocycles. The average Bonchev–Trinajstić information content (AvgIpc) is 2.60. The van der Waals surface area contributed by atoms with Gasteiger partial charge < -0.3 is 19.9 Å². The molecule has 24 heavy (non-hydrogen) atoms. The van der Waals surface area contributed by atoms with Gasteiger partial charge >= 0.3 is 6.03 Å². The number of carbonyl (C=O) groups is 1. The number of nitrogens with zero attached hydrogens (tertiary/aromatic N) is 1. The molecule has 0 saturated carbocycles. The van der Waals surface area contributed by atoms with Gasteiger partial charge in [0.05, 0.1) is 20.4 Å². The summed E-state index contributed by atoms with van der Waals surface area (Å²) in [6.45, 7) is 0.379. The minimum Gasteiger partial charge on any atom is -0.497 e. The van der Waals surface area contributed by atoms with Gasteiger partial charge in [0.1, 0.15) is 12.4 Å². The number of methoxy groups -OCH3 is 2. The Morgan fingerprint density at radius 3 is 2.71 bits per heavy atom. The summed E-state index contributed by atoms with van der Waals surface area (Å²) in [5.41, 5.74) is 8.77. The van der Waals surface area contributed by atoms with Crippen molar-refractivity contribution in [2.24, 2.45) is 10.8 Å². The van der Waals surface area contributed by atoms with Gasteiger partial charge in [-0.15, -0.1) is 0 Å². The molecule has 126 valence electrons. The first-order chi connectivity index (χ1) is 11.6. The van der Waals surface area contributed by atoms with Crippen molar-refractivity contribution in [3.05, 3.63) is 53.6 Å². The second-order valence-corrected chi connectivity index (χ2v) is 4.78. The first-order valence-electron chi connectivity index (χ1n) is 7.14. The molecule has 0 atom stereocenters. The van der Waals surface area contributed by atoms with Gasteiger partial charge in [-0.25, -0.2) is 10.2 Å². The number of hydrazone groups is 1. The van der Waals surface area contributed by atoms with Gasteiger partial charge in [0.15, 0.2) is 11.5 Å². The number of hydrogen-bond donors (Lipinski definition) is 2. The maximum atomic E-state index is 10.6. The number of nitrogens with one attached hydrogen (secondary N) is 1. The summed E-state index contributed by atoms with van der Waals surface area (Å²) in [6, 6.07) is 12.2. The lowest BCUT2D eigenvalue weighted by Crippen LogP contribution is -2.24. The predicted molar refractivity (Wildman–Crippen MR) is 90.6 cm³/mol. The van der Waals surface area contributed by atoms with E-state index in [1.807, 2.05) is 24.3 Å². The van der Waals surface area contributed by atoms with Crippen molar-refractivity contribution in [2.45, 2.75) is 6.61 Å². The number of ether oxygens (including phenoxy) is 3. The standard InChI is InChI=1S/C17H19N3O4/c1-22-14-5-3-4-13(8-14)11-24-15-7-6-12(9-16(15)23-2)10-19-20-17(18)21/h3-10H,11H2,1-2H3,(H3,18,20,21). The van der Waals surface area contributed by atoms with Crippen LogP contribution in [0.5, 0.6) is 17.2 Å². The van der Waals surface area contributed by atoms with Gasteiger partial charge in [-0.3, -0.25) is 0 Å². The Labute approximate surface area is 140 Å². The third kappa shape index (κ3) is 4.91. The molecular weight excluding hydrogens is 310 g/mol. The van der Waals surface area contributed by atoms with Crippen LogP contribution in [-0.4, -0.2) is 26.5 Å². The fourth-order valence-corrected chi connectivity index (χ4v) is 1.98. The normalized spacial score (nSPS) is 10.4. The number of primary amides is 1. The highest BCUT2D eigenvalue weighted by molar-refractivity contribution is 5.82. The first kappa shape index (κ1) is 17.1. The van der Waals surface area contributed by atoms with Crippen molar-refractivity contribution in [3.63, 3.8) is 0 Å². The van der Waals surface area contributed by atoms with E-state index in [1.165, 1.54) is 6.21 Å². The molecule has 2 amide bonds. The average molecular weight is 329 g/mol. The second-order valence-electron chi connectivity index (χ2n) is 4.78. The molecule has 0 spiro atoms. The lowest BCUT2D eigenvalue weighted by Gasteiger charge is -2.12. The Morgan fingerprint density at radius 2 is 2.00 bits per heavy atom. The molecule has 0 aromatic heterocycles. The van der Waals surface area contributed by atoms with E-state index in [9.17, 15) is 4.79 Å². The monoisotopic (exact) mass is 329 g/mol. The van der Waals surface area contributed by atoms with Crippen LogP contribution in [0, 0.1) is 0 Å². The third-order valence-corrected chi connectivity index (χ3v) is 3.10. The van der Waals surface area contributed by atoms with E-state index >= 15 is 0 Å². The molecule has 2 aromatic rings. The number of carbonyl (C=O) groups excluding carboxylic acids is 1. The number of nitrogens with two attached hydrogens (primary N) is 1. The highest BCUT2D eigenvalue weighted by Gasteiger charge is 2.06. The molecule has 3 N–H and O–H groups in total. The summed E-state index contributed by atoms with van der Waals surface area (Å²) in [7, 11) is 3.17. The molecule has 0 radical (unpaired) electrons. The van der Waals surface area contributed by atoms with Crippen molar-refractivity contribution in [3.8, 4) is 17.2 Å². The fourth-order valence-electron chi connectivity index (χ4n) is 1.98. The van der Waals surface area contributed by atoms with E-state index in [4.69, 9.17) is 19.9 Å². The van der Waals surface area contributed by atoms with Gasteiger partial charge in [-0.05, 0) is 41.5 Å². The van der Waals surface area contributed by atoms with Crippen LogP contribution in [0.4, 0.5) is 4.79 Å². The smallest absolute Gasteiger partial charge is 0.332 e. The van der Waals surface area contributed by atoms with Crippen molar-refractivity contribution < 1.29 is 19.0 Å². The van der Waals surface area contributed by atoms with Gasteiger partial charge in [0.25, 0.3) is 0 Å². The Morgan fingerprint density at radius 1 is 1.17 bits per heavy atom. The summed E-state index contributed by atoms with van der Waals surface area (Å²) in [5, 5.41) is 3.70. The second kappa shape index (κ2) is 8.42. The highest BCUT2D eigenvalue weighted by atomic mass is 16.5. The number of urea groups is 1. The topological polar surface area (TPSA) is 95.2 Å². The third-order valence-electron chi connectivity index (χ3n) is 3.10. The molecule has 0 saturated heterocycles. The first-order valence-corrected chi connectivity index (χ1v) is 7.14. The molecule has 2 aromatic carbocycles. The van der Waals surface area contributed by atoms with Crippen LogP contribution in [0.25, 0.3) is 0 Å². The lowest BCUT2D eigenvalue weighted by molar-refractivity contribution is 0.249. The zero-order valence-electron chi connectivity index (χ0n) is 13.5. The van der Waals surface area contributed by atoms with Crippen LogP contribution in [0.3, 0.4) is 0 Å². The fraction of sp³-hybridized carbons (Fsp3) is 0.176. The van der Waals surface area contributed by atoms with Gasteiger partial charge in [-0.2, -0.15) is 5.10 Å². The number of rotatable bonds is 7. The van der Waals surface area contributed by atoms with Crippen LogP contribution in [0.2, 0.25) is 0 Å². The van der Waals surface area contributed by atoms with Gasteiger partial charge in [0.2, 0.25) is 0 Å². The zero-order valence-corrected chi connectivity index (χ0v) is 13.5. The van der Waals surface area contributed by atoms with Crippen LogP contribution in [-0.2, 0) is 6.61 Å². The van der Waals surface area contributed by atoms with Gasteiger partial charge in [0, 0.05) is 0 Å². The molecule has 0 bridgehead atoms. The number of amides is 2. The molecule has 7 nitrogen and oxygen atoms in total. The molecule has 0 unspecified atom stereocenters. The molecule has 2 rings (SSSR count). The predicted octanol–water partition coefficient (Wildman–Crippen LogP) is 2.29. The molecule has 0 fully saturated rings. The van der Waals surface area contributed by atoms with Crippen LogP contribution in [0.1, 0.15) is 11.1 Å². The van der Waals surface area contributed by atoms with E-state index in [0.717, 1.165) is 16.9 Å². The summed E-state index contributed by atoms with van der Waals surface area (Å²) >= 11 is 0. The van der Waals surface area contributed by atoms with Crippen LogP contribution >= 0.6 is 0 Å². The molecule has 0 aliphatic rings. The maximum Gasteiger partial charge on any atom is 0.332 e. The summed E-state index contributed by atoms with van der Waals surface area (Å²) in [6.07, 6.45) is 1.46. The largest absolute Gasteiger partial charge is 0.497 e. The number of benzene rings is 2. The molecule has 7 heteroatoms. The van der Waals surface area contributed by atoms with Crippen molar-refractivity contribution >= 4 is 12.2 Å². The van der Waals surface area contributed by atoms with Crippen molar-refractivity contribution in [2.75, 3.05) is 14.2 Å².